The number of ether oxygens (including phenoxy) is 1. The van der Waals surface area contributed by atoms with Crippen LogP contribution < -0.4 is 15.1 Å². The van der Waals surface area contributed by atoms with Crippen molar-refractivity contribution in [1.29, 1.82) is 0 Å². The van der Waals surface area contributed by atoms with Gasteiger partial charge in [-0.25, -0.2) is 0 Å². The van der Waals surface area contributed by atoms with Crippen molar-refractivity contribution in [3.63, 3.8) is 0 Å². The van der Waals surface area contributed by atoms with Crippen molar-refractivity contribution in [3.05, 3.63) is 0 Å². The summed E-state index contributed by atoms with van der Waals surface area (Å²) in [7, 11) is 0. The number of hydrogen-bond acceptors (Lipinski definition) is 8. The summed E-state index contributed by atoms with van der Waals surface area (Å²) in [6.07, 6.45) is 0. The van der Waals surface area contributed by atoms with E-state index >= 15 is 0 Å². The maximum atomic E-state index is 5.46. The van der Waals surface area contributed by atoms with Crippen molar-refractivity contribution in [3.8, 4) is 0 Å². The summed E-state index contributed by atoms with van der Waals surface area (Å²) in [5.41, 5.74) is 0. The molecule has 8 heteroatoms. The van der Waals surface area contributed by atoms with E-state index in [0.717, 1.165) is 51.2 Å². The molecule has 2 heterocycles. The van der Waals surface area contributed by atoms with Gasteiger partial charge in [0.05, 0.1) is 13.2 Å². The van der Waals surface area contributed by atoms with Crippen molar-refractivity contribution in [2.45, 2.75) is 53.6 Å². The third kappa shape index (κ3) is 6.17. The van der Waals surface area contributed by atoms with Gasteiger partial charge in [-0.1, -0.05) is 0 Å². The molecule has 1 aliphatic heterocycles. The summed E-state index contributed by atoms with van der Waals surface area (Å²) in [4.78, 5) is 20.9. The van der Waals surface area contributed by atoms with Gasteiger partial charge in [0.2, 0.25) is 17.8 Å². The van der Waals surface area contributed by atoms with Crippen LogP contribution in [-0.2, 0) is 4.74 Å². The van der Waals surface area contributed by atoms with E-state index in [1.807, 2.05) is 0 Å². The number of nitrogens with one attached hydrogen (secondary N) is 1. The van der Waals surface area contributed by atoms with Crippen LogP contribution in [0.1, 0.15) is 41.5 Å². The zero-order valence-electron chi connectivity index (χ0n) is 17.9. The molecule has 2 rings (SSSR count). The van der Waals surface area contributed by atoms with E-state index in [1.54, 1.807) is 0 Å². The molecule has 0 bridgehead atoms. The van der Waals surface area contributed by atoms with Gasteiger partial charge in [0.1, 0.15) is 0 Å². The molecular weight excluding hydrogens is 342 g/mol. The van der Waals surface area contributed by atoms with Gasteiger partial charge in [0.15, 0.2) is 0 Å². The van der Waals surface area contributed by atoms with Crippen LogP contribution in [0.4, 0.5) is 17.8 Å². The van der Waals surface area contributed by atoms with E-state index in [2.05, 4.69) is 71.5 Å². The van der Waals surface area contributed by atoms with Gasteiger partial charge in [-0.2, -0.15) is 15.0 Å². The molecule has 1 aliphatic rings. The Morgan fingerprint density at radius 2 is 1.63 bits per heavy atom. The smallest absolute Gasteiger partial charge is 0.232 e. The minimum absolute atomic E-state index is 0.514. The second-order valence-corrected chi connectivity index (χ2v) is 7.38. The van der Waals surface area contributed by atoms with Gasteiger partial charge in [-0.05, 0) is 41.5 Å². The highest BCUT2D eigenvalue weighted by Crippen LogP contribution is 2.17. The molecule has 8 nitrogen and oxygen atoms in total. The summed E-state index contributed by atoms with van der Waals surface area (Å²) in [5, 5.41) is 3.42. The van der Waals surface area contributed by atoms with E-state index < -0.39 is 0 Å². The molecule has 27 heavy (non-hydrogen) atoms. The monoisotopic (exact) mass is 379 g/mol. The lowest BCUT2D eigenvalue weighted by Gasteiger charge is -2.30. The average Bonchev–Trinajstić information content (AvgIpc) is 2.66. The first-order valence-corrected chi connectivity index (χ1v) is 10.3. The second kappa shape index (κ2) is 10.6. The molecule has 0 radical (unpaired) electrons. The highest BCUT2D eigenvalue weighted by Gasteiger charge is 2.19. The first-order chi connectivity index (χ1) is 13.0. The lowest BCUT2D eigenvalue weighted by molar-refractivity contribution is 0.122. The standard InChI is InChI=1S/C19H37N7O/c1-7-24(8-2)18-21-17(20-9-10-26(15(3)4)16(5)6)22-19(23-18)25-11-13-27-14-12-25/h15-16H,7-14H2,1-6H3,(H,20,21,22,23). The van der Waals surface area contributed by atoms with Crippen LogP contribution in [0, 0.1) is 0 Å². The maximum Gasteiger partial charge on any atom is 0.232 e. The summed E-state index contributed by atoms with van der Waals surface area (Å²) >= 11 is 0. The predicted molar refractivity (Wildman–Crippen MR) is 112 cm³/mol. The molecule has 1 saturated heterocycles. The van der Waals surface area contributed by atoms with Crippen LogP contribution in [-0.4, -0.2) is 84.4 Å². The lowest BCUT2D eigenvalue weighted by Crippen LogP contribution is -2.40. The minimum atomic E-state index is 0.514. The Hall–Kier alpha value is -1.67. The lowest BCUT2D eigenvalue weighted by atomic mass is 10.2. The molecule has 1 aromatic rings. The number of nitrogens with zero attached hydrogens (tertiary/aromatic N) is 6. The van der Waals surface area contributed by atoms with Gasteiger partial charge >= 0.3 is 0 Å². The largest absolute Gasteiger partial charge is 0.378 e. The summed E-state index contributed by atoms with van der Waals surface area (Å²) in [6, 6.07) is 1.03. The fourth-order valence-electron chi connectivity index (χ4n) is 3.40. The highest BCUT2D eigenvalue weighted by molar-refractivity contribution is 5.45. The fraction of sp³-hybridized carbons (Fsp3) is 0.842. The van der Waals surface area contributed by atoms with E-state index in [1.165, 1.54) is 0 Å². The first kappa shape index (κ1) is 21.6. The van der Waals surface area contributed by atoms with Crippen LogP contribution in [0.5, 0.6) is 0 Å². The molecule has 0 atom stereocenters. The minimum Gasteiger partial charge on any atom is -0.378 e. The molecule has 0 aliphatic carbocycles. The van der Waals surface area contributed by atoms with Gasteiger partial charge in [0.25, 0.3) is 0 Å². The van der Waals surface area contributed by atoms with Crippen molar-refractivity contribution >= 4 is 17.8 Å². The number of rotatable bonds is 10. The van der Waals surface area contributed by atoms with Gasteiger partial charge in [-0.15, -0.1) is 0 Å². The molecule has 0 unspecified atom stereocenters. The van der Waals surface area contributed by atoms with Crippen molar-refractivity contribution in [2.75, 3.05) is 67.6 Å². The highest BCUT2D eigenvalue weighted by atomic mass is 16.5. The van der Waals surface area contributed by atoms with Crippen molar-refractivity contribution < 1.29 is 4.74 Å². The quantitative estimate of drug-likeness (QED) is 0.663. The third-order valence-electron chi connectivity index (χ3n) is 4.93. The van der Waals surface area contributed by atoms with Gasteiger partial charge in [0, 0.05) is 51.4 Å². The molecule has 0 saturated carbocycles. The molecular formula is C19H37N7O. The normalized spacial score (nSPS) is 15.1. The Kier molecular flexibility index (Phi) is 8.50. The van der Waals surface area contributed by atoms with Gasteiger partial charge < -0.3 is 19.9 Å². The van der Waals surface area contributed by atoms with Crippen molar-refractivity contribution in [1.82, 2.24) is 19.9 Å². The Morgan fingerprint density at radius 1 is 1.00 bits per heavy atom. The zero-order valence-corrected chi connectivity index (χ0v) is 17.9. The Balaban J connectivity index is 2.14. The number of hydrogen-bond donors (Lipinski definition) is 1. The molecule has 154 valence electrons. The van der Waals surface area contributed by atoms with Gasteiger partial charge in [-0.3, -0.25) is 4.90 Å². The van der Waals surface area contributed by atoms with E-state index in [-0.39, 0.29) is 0 Å². The Morgan fingerprint density at radius 3 is 2.19 bits per heavy atom. The topological polar surface area (TPSA) is 69.7 Å². The Labute approximate surface area is 164 Å². The third-order valence-corrected chi connectivity index (χ3v) is 4.93. The van der Waals surface area contributed by atoms with Crippen LogP contribution in [0.25, 0.3) is 0 Å². The molecule has 0 spiro atoms. The van der Waals surface area contributed by atoms with Crippen LogP contribution in [0.3, 0.4) is 0 Å². The molecule has 0 aromatic carbocycles. The SMILES string of the molecule is CCN(CC)c1nc(NCCN(C(C)C)C(C)C)nc(N2CCOCC2)n1. The summed E-state index contributed by atoms with van der Waals surface area (Å²) in [6.45, 7) is 19.7. The first-order valence-electron chi connectivity index (χ1n) is 10.3. The van der Waals surface area contributed by atoms with Crippen molar-refractivity contribution in [2.24, 2.45) is 0 Å². The summed E-state index contributed by atoms with van der Waals surface area (Å²) < 4.78 is 5.46. The zero-order chi connectivity index (χ0) is 19.8. The Bertz CT molecular complexity index is 549. The average molecular weight is 380 g/mol. The number of aromatic nitrogens is 3. The molecule has 1 N–H and O–H groups in total. The summed E-state index contributed by atoms with van der Waals surface area (Å²) in [5.74, 6) is 2.13. The second-order valence-electron chi connectivity index (χ2n) is 7.38. The fourth-order valence-corrected chi connectivity index (χ4v) is 3.40. The van der Waals surface area contributed by atoms with Crippen LogP contribution >= 0.6 is 0 Å². The number of anilines is 3. The van der Waals surface area contributed by atoms with E-state index in [0.29, 0.717) is 31.2 Å². The van der Waals surface area contributed by atoms with Crippen LogP contribution in [0.15, 0.2) is 0 Å². The maximum absolute atomic E-state index is 5.46. The van der Waals surface area contributed by atoms with E-state index in [4.69, 9.17) is 9.72 Å². The molecule has 1 fully saturated rings. The molecule has 0 amide bonds. The number of morpholine rings is 1. The van der Waals surface area contributed by atoms with Crippen LogP contribution in [0.2, 0.25) is 0 Å². The molecule has 1 aromatic heterocycles. The predicted octanol–water partition coefficient (Wildman–Crippen LogP) is 2.09. The van der Waals surface area contributed by atoms with E-state index in [9.17, 15) is 0 Å².